The van der Waals surface area contributed by atoms with Crippen LogP contribution in [0.5, 0.6) is 0 Å². The molecule has 0 aromatic carbocycles. The molecule has 0 saturated carbocycles. The van der Waals surface area contributed by atoms with E-state index in [0.29, 0.717) is 0 Å². The van der Waals surface area contributed by atoms with Gasteiger partial charge < -0.3 is 4.42 Å². The number of rotatable bonds is 4. The van der Waals surface area contributed by atoms with Crippen molar-refractivity contribution < 1.29 is 4.42 Å². The van der Waals surface area contributed by atoms with Crippen LogP contribution in [-0.4, -0.2) is 5.75 Å². The van der Waals surface area contributed by atoms with Gasteiger partial charge in [-0.1, -0.05) is 20.3 Å². The van der Waals surface area contributed by atoms with Crippen LogP contribution >= 0.6 is 11.8 Å². The van der Waals surface area contributed by atoms with Crippen molar-refractivity contribution in [2.75, 3.05) is 5.75 Å². The highest BCUT2D eigenvalue weighted by Gasteiger charge is 2.04. The van der Waals surface area contributed by atoms with E-state index in [4.69, 9.17) is 4.42 Å². The topological polar surface area (TPSA) is 13.1 Å². The SMILES string of the molecule is CCC(C)CSc1ccoc1C. The standard InChI is InChI=1S/C10H16OS/c1-4-8(2)7-12-10-5-6-11-9(10)3/h5-6,8H,4,7H2,1-3H3. The van der Waals surface area contributed by atoms with E-state index in [2.05, 4.69) is 13.8 Å². The third kappa shape index (κ3) is 2.59. The molecule has 12 heavy (non-hydrogen) atoms. The maximum Gasteiger partial charge on any atom is 0.114 e. The van der Waals surface area contributed by atoms with E-state index in [1.807, 2.05) is 24.8 Å². The zero-order valence-electron chi connectivity index (χ0n) is 7.96. The van der Waals surface area contributed by atoms with Crippen LogP contribution in [0.1, 0.15) is 26.0 Å². The highest BCUT2D eigenvalue weighted by molar-refractivity contribution is 7.99. The lowest BCUT2D eigenvalue weighted by Crippen LogP contribution is -1.94. The van der Waals surface area contributed by atoms with Gasteiger partial charge in [0.2, 0.25) is 0 Å². The van der Waals surface area contributed by atoms with Gasteiger partial charge >= 0.3 is 0 Å². The monoisotopic (exact) mass is 184 g/mol. The lowest BCUT2D eigenvalue weighted by molar-refractivity contribution is 0.526. The normalized spacial score (nSPS) is 13.2. The van der Waals surface area contributed by atoms with Crippen molar-refractivity contribution in [1.29, 1.82) is 0 Å². The number of hydrogen-bond acceptors (Lipinski definition) is 2. The van der Waals surface area contributed by atoms with Crippen LogP contribution in [-0.2, 0) is 0 Å². The summed E-state index contributed by atoms with van der Waals surface area (Å²) in [5.74, 6) is 3.03. The minimum Gasteiger partial charge on any atom is -0.468 e. The van der Waals surface area contributed by atoms with E-state index in [9.17, 15) is 0 Å². The molecule has 0 radical (unpaired) electrons. The average Bonchev–Trinajstić information content (AvgIpc) is 2.47. The number of aryl methyl sites for hydroxylation is 1. The van der Waals surface area contributed by atoms with Gasteiger partial charge in [-0.2, -0.15) is 0 Å². The molecular weight excluding hydrogens is 168 g/mol. The predicted octanol–water partition coefficient (Wildman–Crippen LogP) is 3.73. The molecule has 0 aliphatic rings. The minimum atomic E-state index is 0.796. The Morgan fingerprint density at radius 1 is 1.58 bits per heavy atom. The van der Waals surface area contributed by atoms with Gasteiger partial charge in [0.15, 0.2) is 0 Å². The third-order valence-electron chi connectivity index (χ3n) is 2.03. The van der Waals surface area contributed by atoms with Crippen LogP contribution < -0.4 is 0 Å². The van der Waals surface area contributed by atoms with Gasteiger partial charge in [0.1, 0.15) is 5.76 Å². The smallest absolute Gasteiger partial charge is 0.114 e. The average molecular weight is 184 g/mol. The van der Waals surface area contributed by atoms with Gasteiger partial charge in [-0.15, -0.1) is 11.8 Å². The lowest BCUT2D eigenvalue weighted by Gasteiger charge is -2.05. The molecule has 1 rings (SSSR count). The molecule has 68 valence electrons. The van der Waals surface area contributed by atoms with Crippen molar-refractivity contribution >= 4 is 11.8 Å². The molecular formula is C10H16OS. The molecule has 0 bridgehead atoms. The molecule has 0 aliphatic heterocycles. The molecule has 1 unspecified atom stereocenters. The molecule has 0 spiro atoms. The van der Waals surface area contributed by atoms with Crippen molar-refractivity contribution in [3.63, 3.8) is 0 Å². The summed E-state index contributed by atoms with van der Waals surface area (Å²) in [4.78, 5) is 1.29. The van der Waals surface area contributed by atoms with Gasteiger partial charge in [-0.05, 0) is 18.9 Å². The fourth-order valence-electron chi connectivity index (χ4n) is 0.873. The van der Waals surface area contributed by atoms with Gasteiger partial charge in [0.25, 0.3) is 0 Å². The Balaban J connectivity index is 2.38. The summed E-state index contributed by atoms with van der Waals surface area (Å²) in [6.45, 7) is 6.52. The molecule has 1 atom stereocenters. The first-order valence-corrected chi connectivity index (χ1v) is 5.39. The van der Waals surface area contributed by atoms with E-state index in [1.165, 1.54) is 17.1 Å². The molecule has 0 N–H and O–H groups in total. The summed E-state index contributed by atoms with van der Waals surface area (Å²) in [6, 6.07) is 2.04. The third-order valence-corrected chi connectivity index (χ3v) is 3.50. The van der Waals surface area contributed by atoms with Crippen LogP contribution in [0.15, 0.2) is 21.6 Å². The van der Waals surface area contributed by atoms with Crippen LogP contribution in [0.4, 0.5) is 0 Å². The van der Waals surface area contributed by atoms with Crippen LogP contribution in [0, 0.1) is 12.8 Å². The second-order valence-corrected chi connectivity index (χ2v) is 4.23. The van der Waals surface area contributed by atoms with Crippen molar-refractivity contribution in [1.82, 2.24) is 0 Å². The summed E-state index contributed by atoms with van der Waals surface area (Å²) in [5.41, 5.74) is 0. The largest absolute Gasteiger partial charge is 0.468 e. The molecule has 1 nitrogen and oxygen atoms in total. The molecule has 1 heterocycles. The Morgan fingerprint density at radius 3 is 2.83 bits per heavy atom. The quantitative estimate of drug-likeness (QED) is 0.661. The van der Waals surface area contributed by atoms with E-state index in [1.54, 1.807) is 6.26 Å². The second-order valence-electron chi connectivity index (χ2n) is 3.17. The fraction of sp³-hybridized carbons (Fsp3) is 0.600. The summed E-state index contributed by atoms with van der Waals surface area (Å²) < 4.78 is 5.21. The van der Waals surface area contributed by atoms with E-state index in [0.717, 1.165) is 11.7 Å². The molecule has 1 aromatic rings. The van der Waals surface area contributed by atoms with Gasteiger partial charge in [0.05, 0.1) is 6.26 Å². The van der Waals surface area contributed by atoms with Crippen LogP contribution in [0.25, 0.3) is 0 Å². The Bertz CT molecular complexity index is 229. The zero-order chi connectivity index (χ0) is 8.97. The minimum absolute atomic E-state index is 0.796. The maximum absolute atomic E-state index is 5.21. The second kappa shape index (κ2) is 4.61. The summed E-state index contributed by atoms with van der Waals surface area (Å²) in [7, 11) is 0. The number of thioether (sulfide) groups is 1. The first kappa shape index (κ1) is 9.72. The zero-order valence-corrected chi connectivity index (χ0v) is 8.78. The Labute approximate surface area is 78.5 Å². The summed E-state index contributed by atoms with van der Waals surface area (Å²) in [6.07, 6.45) is 3.01. The first-order valence-electron chi connectivity index (χ1n) is 4.41. The van der Waals surface area contributed by atoms with Crippen LogP contribution in [0.2, 0.25) is 0 Å². The Morgan fingerprint density at radius 2 is 2.33 bits per heavy atom. The molecule has 0 fully saturated rings. The van der Waals surface area contributed by atoms with Gasteiger partial charge in [0, 0.05) is 10.6 Å². The number of furan rings is 1. The maximum atomic E-state index is 5.21. The predicted molar refractivity (Wildman–Crippen MR) is 53.6 cm³/mol. The van der Waals surface area contributed by atoms with E-state index < -0.39 is 0 Å². The lowest BCUT2D eigenvalue weighted by atomic mass is 10.2. The molecule has 1 aromatic heterocycles. The van der Waals surface area contributed by atoms with Crippen molar-refractivity contribution in [3.05, 3.63) is 18.1 Å². The molecule has 2 heteroatoms. The Hall–Kier alpha value is -0.370. The first-order chi connectivity index (χ1) is 5.74. The highest BCUT2D eigenvalue weighted by atomic mass is 32.2. The molecule has 0 amide bonds. The number of hydrogen-bond donors (Lipinski definition) is 0. The van der Waals surface area contributed by atoms with Gasteiger partial charge in [-0.3, -0.25) is 0 Å². The summed E-state index contributed by atoms with van der Waals surface area (Å²) >= 11 is 1.89. The summed E-state index contributed by atoms with van der Waals surface area (Å²) in [5, 5.41) is 0. The van der Waals surface area contributed by atoms with E-state index >= 15 is 0 Å². The highest BCUT2D eigenvalue weighted by Crippen LogP contribution is 2.25. The van der Waals surface area contributed by atoms with E-state index in [-0.39, 0.29) is 0 Å². The van der Waals surface area contributed by atoms with Crippen molar-refractivity contribution in [2.45, 2.75) is 32.1 Å². The van der Waals surface area contributed by atoms with Crippen molar-refractivity contribution in [3.8, 4) is 0 Å². The van der Waals surface area contributed by atoms with Crippen LogP contribution in [0.3, 0.4) is 0 Å². The fourth-order valence-corrected chi connectivity index (χ4v) is 1.98. The Kier molecular flexibility index (Phi) is 3.73. The molecule has 0 aliphatic carbocycles. The van der Waals surface area contributed by atoms with Crippen molar-refractivity contribution in [2.24, 2.45) is 5.92 Å². The molecule has 0 saturated heterocycles. The van der Waals surface area contributed by atoms with Gasteiger partial charge in [-0.25, -0.2) is 0 Å².